The van der Waals surface area contributed by atoms with Gasteiger partial charge in [0.25, 0.3) is 5.91 Å². The quantitative estimate of drug-likeness (QED) is 0.579. The third-order valence-corrected chi connectivity index (χ3v) is 4.61. The zero-order chi connectivity index (χ0) is 20.6. The van der Waals surface area contributed by atoms with Gasteiger partial charge in [-0.05, 0) is 35.9 Å². The second-order valence-corrected chi connectivity index (χ2v) is 6.42. The number of benzene rings is 2. The molecule has 1 amide bonds. The topological polar surface area (TPSA) is 80.4 Å². The molecular formula is C22H19FN4O2. The molecule has 0 aliphatic carbocycles. The lowest BCUT2D eigenvalue weighted by Gasteiger charge is -2.36. The van der Waals surface area contributed by atoms with Gasteiger partial charge in [-0.15, -0.1) is 0 Å². The summed E-state index contributed by atoms with van der Waals surface area (Å²) < 4.78 is 19.1. The number of carbonyl (C=O) groups is 1. The van der Waals surface area contributed by atoms with Crippen LogP contribution < -0.4 is 9.64 Å². The van der Waals surface area contributed by atoms with Crippen LogP contribution in [0.2, 0.25) is 0 Å². The first kappa shape index (κ1) is 19.9. The van der Waals surface area contributed by atoms with Crippen LogP contribution in [0, 0.1) is 28.5 Å². The smallest absolute Gasteiger partial charge is 0.264 e. The standard InChI is InChI=1S/C22H19FN4O2/c23-20-3-1-2-4-21(20)26-10-12-27(13-11-26)22(28)18(16-25)15-17-5-7-19(8-6-17)29-14-9-24/h1-8,15H,10-14H2/b18-15+. The zero-order valence-electron chi connectivity index (χ0n) is 15.7. The molecule has 1 heterocycles. The van der Waals surface area contributed by atoms with E-state index in [1.807, 2.05) is 17.0 Å². The number of hydrogen-bond donors (Lipinski definition) is 0. The number of halogens is 1. The molecular weight excluding hydrogens is 371 g/mol. The summed E-state index contributed by atoms with van der Waals surface area (Å²) >= 11 is 0. The van der Waals surface area contributed by atoms with Gasteiger partial charge in [-0.3, -0.25) is 4.79 Å². The molecule has 0 aromatic heterocycles. The molecule has 2 aromatic carbocycles. The highest BCUT2D eigenvalue weighted by molar-refractivity contribution is 6.01. The number of piperazine rings is 1. The number of nitriles is 2. The third kappa shape index (κ3) is 4.91. The molecule has 2 aromatic rings. The molecule has 0 unspecified atom stereocenters. The van der Waals surface area contributed by atoms with Gasteiger partial charge >= 0.3 is 0 Å². The Morgan fingerprint density at radius 3 is 2.38 bits per heavy atom. The van der Waals surface area contributed by atoms with Gasteiger partial charge in [0.15, 0.2) is 6.61 Å². The van der Waals surface area contributed by atoms with E-state index in [0.29, 0.717) is 43.2 Å². The molecule has 1 fully saturated rings. The second kappa shape index (κ2) is 9.38. The van der Waals surface area contributed by atoms with E-state index in [4.69, 9.17) is 10.00 Å². The molecule has 1 aliphatic rings. The predicted molar refractivity (Wildman–Crippen MR) is 106 cm³/mol. The minimum Gasteiger partial charge on any atom is -0.479 e. The van der Waals surface area contributed by atoms with Crippen LogP contribution in [0.4, 0.5) is 10.1 Å². The summed E-state index contributed by atoms with van der Waals surface area (Å²) in [6.45, 7) is 1.77. The summed E-state index contributed by atoms with van der Waals surface area (Å²) in [5.74, 6) is -0.0876. The molecule has 1 aliphatic heterocycles. The van der Waals surface area contributed by atoms with Crippen LogP contribution in [0.25, 0.3) is 6.08 Å². The maximum Gasteiger partial charge on any atom is 0.264 e. The Labute approximate surface area is 168 Å². The first-order valence-corrected chi connectivity index (χ1v) is 9.12. The normalized spacial score (nSPS) is 14.1. The van der Waals surface area contributed by atoms with Crippen LogP contribution in [0.5, 0.6) is 5.75 Å². The number of ether oxygens (including phenoxy) is 1. The average Bonchev–Trinajstić information content (AvgIpc) is 2.77. The molecule has 6 nitrogen and oxygen atoms in total. The van der Waals surface area contributed by atoms with E-state index in [0.717, 1.165) is 0 Å². The highest BCUT2D eigenvalue weighted by atomic mass is 19.1. The SMILES string of the molecule is N#CCOc1ccc(/C=C(\C#N)C(=O)N2CCN(c3ccccc3F)CC2)cc1. The van der Waals surface area contributed by atoms with Crippen molar-refractivity contribution >= 4 is 17.7 Å². The van der Waals surface area contributed by atoms with Crippen molar-refractivity contribution in [1.82, 2.24) is 4.90 Å². The van der Waals surface area contributed by atoms with E-state index in [-0.39, 0.29) is 23.9 Å². The first-order chi connectivity index (χ1) is 14.1. The molecule has 0 N–H and O–H groups in total. The molecule has 0 spiro atoms. The molecule has 0 radical (unpaired) electrons. The molecule has 29 heavy (non-hydrogen) atoms. The van der Waals surface area contributed by atoms with Crippen molar-refractivity contribution in [3.63, 3.8) is 0 Å². The Morgan fingerprint density at radius 2 is 1.76 bits per heavy atom. The fourth-order valence-corrected chi connectivity index (χ4v) is 3.11. The average molecular weight is 390 g/mol. The summed E-state index contributed by atoms with van der Waals surface area (Å²) in [4.78, 5) is 16.2. The maximum atomic E-state index is 14.0. The van der Waals surface area contributed by atoms with Crippen molar-refractivity contribution in [1.29, 1.82) is 10.5 Å². The number of rotatable bonds is 5. The summed E-state index contributed by atoms with van der Waals surface area (Å²) in [7, 11) is 0. The zero-order valence-corrected chi connectivity index (χ0v) is 15.7. The van der Waals surface area contributed by atoms with Crippen LogP contribution >= 0.6 is 0 Å². The van der Waals surface area contributed by atoms with Crippen molar-refractivity contribution in [2.24, 2.45) is 0 Å². The Hall–Kier alpha value is -3.84. The highest BCUT2D eigenvalue weighted by Gasteiger charge is 2.24. The predicted octanol–water partition coefficient (Wildman–Crippen LogP) is 2.98. The lowest BCUT2D eigenvalue weighted by atomic mass is 10.1. The van der Waals surface area contributed by atoms with Crippen molar-refractivity contribution in [2.45, 2.75) is 0 Å². The molecule has 3 rings (SSSR count). The summed E-state index contributed by atoms with van der Waals surface area (Å²) in [6, 6.07) is 17.2. The summed E-state index contributed by atoms with van der Waals surface area (Å²) in [5, 5.41) is 18.0. The van der Waals surface area contributed by atoms with Gasteiger partial charge in [0, 0.05) is 26.2 Å². The van der Waals surface area contributed by atoms with Crippen LogP contribution in [-0.4, -0.2) is 43.6 Å². The van der Waals surface area contributed by atoms with Gasteiger partial charge in [-0.2, -0.15) is 10.5 Å². The van der Waals surface area contributed by atoms with E-state index in [9.17, 15) is 14.4 Å². The van der Waals surface area contributed by atoms with Gasteiger partial charge in [0.1, 0.15) is 29.3 Å². The van der Waals surface area contributed by atoms with Gasteiger partial charge in [0.05, 0.1) is 5.69 Å². The van der Waals surface area contributed by atoms with Gasteiger partial charge in [0.2, 0.25) is 0 Å². The van der Waals surface area contributed by atoms with Gasteiger partial charge in [-0.1, -0.05) is 24.3 Å². The fraction of sp³-hybridized carbons (Fsp3) is 0.227. The lowest BCUT2D eigenvalue weighted by molar-refractivity contribution is -0.126. The van der Waals surface area contributed by atoms with Gasteiger partial charge in [-0.25, -0.2) is 4.39 Å². The summed E-state index contributed by atoms with van der Waals surface area (Å²) in [5.41, 5.74) is 1.24. The number of amides is 1. The molecule has 146 valence electrons. The van der Waals surface area contributed by atoms with E-state index >= 15 is 0 Å². The number of nitrogens with zero attached hydrogens (tertiary/aromatic N) is 4. The minimum absolute atomic E-state index is 0.0371. The summed E-state index contributed by atoms with van der Waals surface area (Å²) in [6.07, 6.45) is 1.53. The van der Waals surface area contributed by atoms with E-state index < -0.39 is 0 Å². The fourth-order valence-electron chi connectivity index (χ4n) is 3.11. The van der Waals surface area contributed by atoms with Crippen molar-refractivity contribution < 1.29 is 13.9 Å². The van der Waals surface area contributed by atoms with Crippen LogP contribution in [0.3, 0.4) is 0 Å². The number of hydrogen-bond acceptors (Lipinski definition) is 5. The van der Waals surface area contributed by atoms with E-state index in [1.54, 1.807) is 47.4 Å². The second-order valence-electron chi connectivity index (χ2n) is 6.42. The largest absolute Gasteiger partial charge is 0.479 e. The monoisotopic (exact) mass is 390 g/mol. The van der Waals surface area contributed by atoms with Crippen molar-refractivity contribution in [3.8, 4) is 17.9 Å². The number of para-hydroxylation sites is 1. The van der Waals surface area contributed by atoms with Crippen molar-refractivity contribution in [3.05, 3.63) is 65.5 Å². The molecule has 7 heteroatoms. The molecule has 1 saturated heterocycles. The van der Waals surface area contributed by atoms with Crippen LogP contribution in [0.15, 0.2) is 54.1 Å². The highest BCUT2D eigenvalue weighted by Crippen LogP contribution is 2.21. The Kier molecular flexibility index (Phi) is 6.44. The molecule has 0 atom stereocenters. The van der Waals surface area contributed by atoms with Crippen molar-refractivity contribution in [2.75, 3.05) is 37.7 Å². The van der Waals surface area contributed by atoms with E-state index in [2.05, 4.69) is 0 Å². The van der Waals surface area contributed by atoms with Crippen LogP contribution in [0.1, 0.15) is 5.56 Å². The molecule has 0 saturated carbocycles. The lowest BCUT2D eigenvalue weighted by Crippen LogP contribution is -2.49. The number of carbonyl (C=O) groups excluding carboxylic acids is 1. The van der Waals surface area contributed by atoms with E-state index in [1.165, 1.54) is 12.1 Å². The Morgan fingerprint density at radius 1 is 1.07 bits per heavy atom. The first-order valence-electron chi connectivity index (χ1n) is 9.12. The Bertz CT molecular complexity index is 981. The minimum atomic E-state index is -0.342. The third-order valence-electron chi connectivity index (χ3n) is 4.61. The Balaban J connectivity index is 1.64. The maximum absolute atomic E-state index is 14.0. The van der Waals surface area contributed by atoms with Gasteiger partial charge < -0.3 is 14.5 Å². The van der Waals surface area contributed by atoms with Crippen LogP contribution in [-0.2, 0) is 4.79 Å². The number of anilines is 1. The molecule has 0 bridgehead atoms.